The van der Waals surface area contributed by atoms with Gasteiger partial charge in [0.1, 0.15) is 18.1 Å². The van der Waals surface area contributed by atoms with E-state index in [1.807, 2.05) is 13.2 Å². The first-order valence-corrected chi connectivity index (χ1v) is 12.7. The Balaban J connectivity index is 5.36. The zero-order chi connectivity index (χ0) is 25.6. The number of aliphatic hydroxyl groups is 1. The minimum Gasteiger partial charge on any atom is -0.480 e. The molecule has 0 rings (SSSR count). The molecule has 0 aromatic carbocycles. The first-order valence-electron chi connectivity index (χ1n) is 11.3. The number of carbonyl (C=O) groups excluding carboxylic acids is 3. The second-order valence-electron chi connectivity index (χ2n) is 8.17. The summed E-state index contributed by atoms with van der Waals surface area (Å²) < 4.78 is 0. The van der Waals surface area contributed by atoms with Crippen LogP contribution in [0, 0.1) is 5.92 Å². The predicted molar refractivity (Wildman–Crippen MR) is 128 cm³/mol. The van der Waals surface area contributed by atoms with Crippen LogP contribution in [0.15, 0.2) is 0 Å². The van der Waals surface area contributed by atoms with Crippen LogP contribution >= 0.6 is 11.8 Å². The number of aliphatic carboxylic acids is 1. The maximum atomic E-state index is 13.0. The molecule has 0 spiro atoms. The van der Waals surface area contributed by atoms with Crippen LogP contribution in [0.2, 0.25) is 0 Å². The summed E-state index contributed by atoms with van der Waals surface area (Å²) in [7, 11) is 0. The molecule has 0 aliphatic rings. The topological polar surface area (TPSA) is 197 Å². The standard InChI is InChI=1S/C21H41N5O6S/c1-5-12(2)16(25-18(28)14(23)9-11-33-4)19(29)26-17(13(3)27)20(30)24-15(21(31)32)8-6-7-10-22/h12-17,27H,5-11,22-23H2,1-4H3,(H,24,30)(H,25,28)(H,26,29)(H,31,32). The highest BCUT2D eigenvalue weighted by Gasteiger charge is 2.34. The molecule has 0 aliphatic heterocycles. The number of carboxylic acids is 1. The third-order valence-corrected chi connectivity index (χ3v) is 6.03. The smallest absolute Gasteiger partial charge is 0.326 e. The number of rotatable bonds is 17. The molecule has 0 saturated heterocycles. The minimum absolute atomic E-state index is 0.165. The third-order valence-electron chi connectivity index (χ3n) is 5.39. The summed E-state index contributed by atoms with van der Waals surface area (Å²) in [6.07, 6.45) is 2.87. The largest absolute Gasteiger partial charge is 0.480 e. The fraction of sp³-hybridized carbons (Fsp3) is 0.810. The van der Waals surface area contributed by atoms with Gasteiger partial charge in [0.15, 0.2) is 0 Å². The van der Waals surface area contributed by atoms with Gasteiger partial charge in [0.25, 0.3) is 0 Å². The molecular formula is C21H41N5O6S. The van der Waals surface area contributed by atoms with Crippen molar-refractivity contribution in [1.82, 2.24) is 16.0 Å². The lowest BCUT2D eigenvalue weighted by atomic mass is 9.97. The lowest BCUT2D eigenvalue weighted by molar-refractivity contribution is -0.143. The van der Waals surface area contributed by atoms with Crippen LogP contribution in [-0.4, -0.2) is 82.7 Å². The summed E-state index contributed by atoms with van der Waals surface area (Å²) >= 11 is 1.55. The Morgan fingerprint density at radius 1 is 0.939 bits per heavy atom. The van der Waals surface area contributed by atoms with Crippen molar-refractivity contribution in [2.45, 2.75) is 83.1 Å². The molecule has 0 heterocycles. The average molecular weight is 492 g/mol. The molecule has 0 aromatic rings. The van der Waals surface area contributed by atoms with Crippen molar-refractivity contribution in [3.8, 4) is 0 Å². The molecule has 6 atom stereocenters. The highest BCUT2D eigenvalue weighted by molar-refractivity contribution is 7.98. The molecule has 12 heteroatoms. The highest BCUT2D eigenvalue weighted by Crippen LogP contribution is 2.10. The van der Waals surface area contributed by atoms with Gasteiger partial charge in [-0.05, 0) is 57.1 Å². The summed E-state index contributed by atoms with van der Waals surface area (Å²) in [5, 5.41) is 26.9. The zero-order valence-electron chi connectivity index (χ0n) is 20.0. The Morgan fingerprint density at radius 3 is 2.00 bits per heavy atom. The van der Waals surface area contributed by atoms with E-state index in [0.717, 1.165) is 0 Å². The van der Waals surface area contributed by atoms with E-state index in [2.05, 4.69) is 16.0 Å². The second kappa shape index (κ2) is 16.7. The van der Waals surface area contributed by atoms with Crippen LogP contribution in [0.1, 0.15) is 52.9 Å². The van der Waals surface area contributed by atoms with Gasteiger partial charge in [0, 0.05) is 0 Å². The SMILES string of the molecule is CCC(C)C(NC(=O)C(N)CCSC)C(=O)NC(C(=O)NC(CCCCN)C(=O)O)C(C)O. The van der Waals surface area contributed by atoms with E-state index in [1.165, 1.54) is 6.92 Å². The molecule has 11 nitrogen and oxygen atoms in total. The summed E-state index contributed by atoms with van der Waals surface area (Å²) in [5.41, 5.74) is 11.3. The maximum Gasteiger partial charge on any atom is 0.326 e. The lowest BCUT2D eigenvalue weighted by Gasteiger charge is -2.29. The second-order valence-corrected chi connectivity index (χ2v) is 9.16. The van der Waals surface area contributed by atoms with Crippen molar-refractivity contribution in [3.63, 3.8) is 0 Å². The first kappa shape index (κ1) is 31.1. The normalized spacial score (nSPS) is 16.6. The average Bonchev–Trinajstić information content (AvgIpc) is 2.77. The number of nitrogens with two attached hydrogens (primary N) is 2. The van der Waals surface area contributed by atoms with E-state index < -0.39 is 54.0 Å². The maximum absolute atomic E-state index is 13.0. The van der Waals surface area contributed by atoms with Crippen molar-refractivity contribution in [1.29, 1.82) is 0 Å². The number of unbranched alkanes of at least 4 members (excludes halogenated alkanes) is 1. The molecule has 33 heavy (non-hydrogen) atoms. The van der Waals surface area contributed by atoms with E-state index in [-0.39, 0.29) is 12.3 Å². The van der Waals surface area contributed by atoms with E-state index in [9.17, 15) is 29.4 Å². The van der Waals surface area contributed by atoms with Crippen molar-refractivity contribution in [2.75, 3.05) is 18.6 Å². The van der Waals surface area contributed by atoms with Crippen LogP contribution in [0.25, 0.3) is 0 Å². The van der Waals surface area contributed by atoms with Crippen molar-refractivity contribution < 1.29 is 29.4 Å². The van der Waals surface area contributed by atoms with Gasteiger partial charge in [-0.2, -0.15) is 11.8 Å². The molecule has 0 saturated carbocycles. The molecule has 0 aromatic heterocycles. The monoisotopic (exact) mass is 491 g/mol. The molecule has 0 aliphatic carbocycles. The van der Waals surface area contributed by atoms with E-state index in [1.54, 1.807) is 18.7 Å². The number of carbonyl (C=O) groups is 4. The number of thioether (sulfide) groups is 1. The number of carboxylic acid groups (broad SMARTS) is 1. The van der Waals surface area contributed by atoms with Crippen LogP contribution < -0.4 is 27.4 Å². The fourth-order valence-electron chi connectivity index (χ4n) is 3.00. The Hall–Kier alpha value is -1.89. The van der Waals surface area contributed by atoms with Gasteiger partial charge in [-0.1, -0.05) is 20.3 Å². The van der Waals surface area contributed by atoms with Crippen LogP contribution in [-0.2, 0) is 19.2 Å². The van der Waals surface area contributed by atoms with Gasteiger partial charge in [0.2, 0.25) is 17.7 Å². The summed E-state index contributed by atoms with van der Waals surface area (Å²) in [5.74, 6) is -2.78. The van der Waals surface area contributed by atoms with Gasteiger partial charge in [-0.25, -0.2) is 4.79 Å². The molecule has 6 unspecified atom stereocenters. The minimum atomic E-state index is -1.40. The molecule has 192 valence electrons. The Bertz CT molecular complexity index is 636. The zero-order valence-corrected chi connectivity index (χ0v) is 20.8. The fourth-order valence-corrected chi connectivity index (χ4v) is 3.49. The van der Waals surface area contributed by atoms with Crippen LogP contribution in [0.4, 0.5) is 0 Å². The highest BCUT2D eigenvalue weighted by atomic mass is 32.2. The number of nitrogens with one attached hydrogen (secondary N) is 3. The number of amides is 3. The van der Waals surface area contributed by atoms with E-state index in [0.29, 0.717) is 38.0 Å². The van der Waals surface area contributed by atoms with Gasteiger partial charge >= 0.3 is 5.97 Å². The first-order chi connectivity index (χ1) is 15.5. The van der Waals surface area contributed by atoms with Crippen molar-refractivity contribution >= 4 is 35.5 Å². The lowest BCUT2D eigenvalue weighted by Crippen LogP contribution is -2.61. The summed E-state index contributed by atoms with van der Waals surface area (Å²) in [4.78, 5) is 49.6. The molecule has 0 bridgehead atoms. The van der Waals surface area contributed by atoms with Gasteiger partial charge < -0.3 is 37.6 Å². The van der Waals surface area contributed by atoms with Gasteiger partial charge in [-0.15, -0.1) is 0 Å². The third kappa shape index (κ3) is 11.7. The number of hydrogen-bond acceptors (Lipinski definition) is 8. The molecule has 3 amide bonds. The van der Waals surface area contributed by atoms with E-state index >= 15 is 0 Å². The van der Waals surface area contributed by atoms with Crippen molar-refractivity contribution in [2.24, 2.45) is 17.4 Å². The van der Waals surface area contributed by atoms with Crippen molar-refractivity contribution in [3.05, 3.63) is 0 Å². The predicted octanol–water partition coefficient (Wildman–Crippen LogP) is -0.838. The molecular weight excluding hydrogens is 450 g/mol. The van der Waals surface area contributed by atoms with Gasteiger partial charge in [-0.3, -0.25) is 14.4 Å². The number of hydrogen-bond donors (Lipinski definition) is 7. The Morgan fingerprint density at radius 2 is 1.52 bits per heavy atom. The summed E-state index contributed by atoms with van der Waals surface area (Å²) in [6.45, 7) is 5.33. The van der Waals surface area contributed by atoms with Crippen LogP contribution in [0.3, 0.4) is 0 Å². The molecule has 9 N–H and O–H groups in total. The van der Waals surface area contributed by atoms with E-state index in [4.69, 9.17) is 11.5 Å². The molecule has 0 fully saturated rings. The van der Waals surface area contributed by atoms with Crippen LogP contribution in [0.5, 0.6) is 0 Å². The Labute approximate surface area is 200 Å². The summed E-state index contributed by atoms with van der Waals surface area (Å²) in [6, 6.07) is -4.33. The number of aliphatic hydroxyl groups excluding tert-OH is 1. The molecule has 0 radical (unpaired) electrons. The Kier molecular flexibility index (Phi) is 15.7. The van der Waals surface area contributed by atoms with Gasteiger partial charge in [0.05, 0.1) is 12.1 Å². The quantitative estimate of drug-likeness (QED) is 0.127.